The van der Waals surface area contributed by atoms with Crippen LogP contribution in [0.5, 0.6) is 0 Å². The summed E-state index contributed by atoms with van der Waals surface area (Å²) >= 11 is 4.82. The lowest BCUT2D eigenvalue weighted by Gasteiger charge is -2.06. The molecule has 0 aliphatic carbocycles. The zero-order chi connectivity index (χ0) is 13.0. The lowest BCUT2D eigenvalue weighted by molar-refractivity contribution is 0.102. The van der Waals surface area contributed by atoms with Gasteiger partial charge in [0.05, 0.1) is 5.03 Å². The summed E-state index contributed by atoms with van der Waals surface area (Å²) in [6.45, 7) is 0. The second-order valence-electron chi connectivity index (χ2n) is 3.37. The fourth-order valence-corrected chi connectivity index (χ4v) is 2.19. The van der Waals surface area contributed by atoms with Gasteiger partial charge in [-0.15, -0.1) is 11.8 Å². The molecule has 0 bridgehead atoms. The Balaban J connectivity index is 2.19. The maximum Gasteiger partial charge on any atom is 0.275 e. The number of carbonyl (C=O) groups is 1. The van der Waals surface area contributed by atoms with Crippen LogP contribution in [0.25, 0.3) is 0 Å². The van der Waals surface area contributed by atoms with Crippen molar-refractivity contribution >= 4 is 39.3 Å². The van der Waals surface area contributed by atoms with Crippen LogP contribution < -0.4 is 5.32 Å². The van der Waals surface area contributed by atoms with Crippen molar-refractivity contribution in [2.24, 2.45) is 0 Å². The third kappa shape index (κ3) is 3.08. The van der Waals surface area contributed by atoms with Crippen molar-refractivity contribution in [2.45, 2.75) is 5.03 Å². The van der Waals surface area contributed by atoms with Gasteiger partial charge in [0.15, 0.2) is 0 Å². The molecule has 2 rings (SSSR count). The van der Waals surface area contributed by atoms with E-state index in [0.717, 1.165) is 5.03 Å². The predicted molar refractivity (Wildman–Crippen MR) is 75.9 cm³/mol. The maximum atomic E-state index is 12.0. The van der Waals surface area contributed by atoms with E-state index >= 15 is 0 Å². The lowest BCUT2D eigenvalue weighted by Crippen LogP contribution is -2.14. The van der Waals surface area contributed by atoms with Crippen LogP contribution in [0.4, 0.5) is 5.69 Å². The Labute approximate surface area is 117 Å². The molecule has 2 aromatic heterocycles. The highest BCUT2D eigenvalue weighted by molar-refractivity contribution is 9.10. The summed E-state index contributed by atoms with van der Waals surface area (Å²) in [6, 6.07) is 7.11. The van der Waals surface area contributed by atoms with E-state index < -0.39 is 0 Å². The van der Waals surface area contributed by atoms with Crippen LogP contribution in [0.3, 0.4) is 0 Å². The average Bonchev–Trinajstić information content (AvgIpc) is 2.39. The third-order valence-electron chi connectivity index (χ3n) is 2.18. The molecule has 0 aliphatic rings. The van der Waals surface area contributed by atoms with E-state index in [1.54, 1.807) is 30.6 Å². The van der Waals surface area contributed by atoms with Gasteiger partial charge in [-0.3, -0.25) is 4.79 Å². The van der Waals surface area contributed by atoms with Crippen molar-refractivity contribution in [1.82, 2.24) is 9.97 Å². The Bertz CT molecular complexity index is 577. The van der Waals surface area contributed by atoms with Gasteiger partial charge >= 0.3 is 0 Å². The number of aromatic nitrogens is 2. The molecule has 0 atom stereocenters. The van der Waals surface area contributed by atoms with Gasteiger partial charge < -0.3 is 5.32 Å². The predicted octanol–water partition coefficient (Wildman–Crippen LogP) is 3.21. The molecule has 0 spiro atoms. The summed E-state index contributed by atoms with van der Waals surface area (Å²) in [7, 11) is 0. The Kier molecular flexibility index (Phi) is 4.33. The second kappa shape index (κ2) is 5.97. The van der Waals surface area contributed by atoms with Crippen molar-refractivity contribution in [3.8, 4) is 0 Å². The molecule has 1 N–H and O–H groups in total. The Morgan fingerprint density at radius 3 is 2.89 bits per heavy atom. The topological polar surface area (TPSA) is 54.9 Å². The van der Waals surface area contributed by atoms with Gasteiger partial charge in [-0.25, -0.2) is 9.97 Å². The number of amides is 1. The minimum absolute atomic E-state index is 0.249. The molecule has 18 heavy (non-hydrogen) atoms. The quantitative estimate of drug-likeness (QED) is 0.881. The summed E-state index contributed by atoms with van der Waals surface area (Å²) in [4.78, 5) is 20.2. The van der Waals surface area contributed by atoms with Gasteiger partial charge in [-0.2, -0.15) is 0 Å². The smallest absolute Gasteiger partial charge is 0.275 e. The van der Waals surface area contributed by atoms with Crippen molar-refractivity contribution in [3.63, 3.8) is 0 Å². The molecule has 0 fully saturated rings. The van der Waals surface area contributed by atoms with Gasteiger partial charge in [0, 0.05) is 22.6 Å². The second-order valence-corrected chi connectivity index (χ2v) is 5.06. The largest absolute Gasteiger partial charge is 0.320 e. The number of hydrogen-bond acceptors (Lipinski definition) is 4. The molecule has 0 unspecified atom stereocenters. The Hall–Kier alpha value is -1.40. The zero-order valence-corrected chi connectivity index (χ0v) is 12.0. The summed E-state index contributed by atoms with van der Waals surface area (Å²) in [5.74, 6) is -0.249. The van der Waals surface area contributed by atoms with Gasteiger partial charge in [-0.05, 0) is 46.5 Å². The highest BCUT2D eigenvalue weighted by Gasteiger charge is 2.11. The highest BCUT2D eigenvalue weighted by Crippen LogP contribution is 2.18. The number of pyridine rings is 2. The number of thioether (sulfide) groups is 1. The first-order chi connectivity index (χ1) is 8.70. The zero-order valence-electron chi connectivity index (χ0n) is 9.55. The first-order valence-electron chi connectivity index (χ1n) is 5.12. The van der Waals surface area contributed by atoms with Crippen LogP contribution in [0.1, 0.15) is 10.5 Å². The van der Waals surface area contributed by atoms with Crippen LogP contribution in [0.15, 0.2) is 46.2 Å². The maximum absolute atomic E-state index is 12.0. The van der Waals surface area contributed by atoms with Crippen LogP contribution in [0.2, 0.25) is 0 Å². The molecular formula is C12H10BrN3OS. The standard InChI is InChI=1S/C12H10BrN3OS/c1-18-10-7-8(4-6-14-10)16-12(17)11-9(13)3-2-5-15-11/h2-7H,1H3,(H,14,16,17). The van der Waals surface area contributed by atoms with Gasteiger partial charge in [0.2, 0.25) is 0 Å². The molecule has 6 heteroatoms. The Morgan fingerprint density at radius 2 is 2.17 bits per heavy atom. The lowest BCUT2D eigenvalue weighted by atomic mass is 10.3. The number of carbonyl (C=O) groups excluding carboxylic acids is 1. The molecule has 2 aromatic rings. The molecule has 0 radical (unpaired) electrons. The van der Waals surface area contributed by atoms with Crippen LogP contribution in [-0.2, 0) is 0 Å². The van der Waals surface area contributed by atoms with Crippen molar-refractivity contribution < 1.29 is 4.79 Å². The van der Waals surface area contributed by atoms with Crippen LogP contribution in [-0.4, -0.2) is 22.1 Å². The molecule has 0 saturated carbocycles. The van der Waals surface area contributed by atoms with Crippen molar-refractivity contribution in [3.05, 3.63) is 46.8 Å². The number of hydrogen-bond donors (Lipinski definition) is 1. The normalized spacial score (nSPS) is 10.1. The fourth-order valence-electron chi connectivity index (χ4n) is 1.34. The molecule has 0 saturated heterocycles. The molecule has 0 aliphatic heterocycles. The molecule has 0 aromatic carbocycles. The fraction of sp³-hybridized carbons (Fsp3) is 0.0833. The van der Waals surface area contributed by atoms with E-state index in [2.05, 4.69) is 31.2 Å². The number of rotatable bonds is 3. The van der Waals surface area contributed by atoms with Crippen molar-refractivity contribution in [1.29, 1.82) is 0 Å². The van der Waals surface area contributed by atoms with Gasteiger partial charge in [0.1, 0.15) is 5.69 Å². The average molecular weight is 324 g/mol. The molecule has 2 heterocycles. The summed E-state index contributed by atoms with van der Waals surface area (Å²) in [5, 5.41) is 3.64. The van der Waals surface area contributed by atoms with Crippen molar-refractivity contribution in [2.75, 3.05) is 11.6 Å². The van der Waals surface area contributed by atoms with E-state index in [0.29, 0.717) is 15.9 Å². The number of halogens is 1. The summed E-state index contributed by atoms with van der Waals surface area (Å²) < 4.78 is 0.668. The van der Waals surface area contributed by atoms with E-state index in [-0.39, 0.29) is 5.91 Å². The minimum atomic E-state index is -0.249. The minimum Gasteiger partial charge on any atom is -0.320 e. The summed E-state index contributed by atoms with van der Waals surface area (Å²) in [5.41, 5.74) is 1.07. The molecule has 1 amide bonds. The Morgan fingerprint density at radius 1 is 1.33 bits per heavy atom. The van der Waals surface area contributed by atoms with E-state index in [1.165, 1.54) is 11.8 Å². The molecule has 4 nitrogen and oxygen atoms in total. The monoisotopic (exact) mass is 323 g/mol. The van der Waals surface area contributed by atoms with Gasteiger partial charge in [0.25, 0.3) is 5.91 Å². The first kappa shape index (κ1) is 13.0. The molecular weight excluding hydrogens is 314 g/mol. The number of anilines is 1. The van der Waals surface area contributed by atoms with E-state index in [1.807, 2.05) is 12.3 Å². The van der Waals surface area contributed by atoms with Crippen LogP contribution >= 0.6 is 27.7 Å². The number of nitrogens with one attached hydrogen (secondary N) is 1. The first-order valence-corrected chi connectivity index (χ1v) is 7.14. The van der Waals surface area contributed by atoms with E-state index in [9.17, 15) is 4.79 Å². The molecule has 92 valence electrons. The SMILES string of the molecule is CSc1cc(NC(=O)c2ncccc2Br)ccn1. The third-order valence-corrected chi connectivity index (χ3v) is 3.46. The van der Waals surface area contributed by atoms with E-state index in [4.69, 9.17) is 0 Å². The summed E-state index contributed by atoms with van der Waals surface area (Å²) in [6.07, 6.45) is 5.18. The van der Waals surface area contributed by atoms with Gasteiger partial charge in [-0.1, -0.05) is 0 Å². The van der Waals surface area contributed by atoms with Crippen LogP contribution in [0, 0.1) is 0 Å². The highest BCUT2D eigenvalue weighted by atomic mass is 79.9. The number of nitrogens with zero attached hydrogens (tertiary/aromatic N) is 2.